The normalized spacial score (nSPS) is 14.0. The van der Waals surface area contributed by atoms with Crippen molar-refractivity contribution in [2.24, 2.45) is 0 Å². The van der Waals surface area contributed by atoms with Gasteiger partial charge in [0, 0.05) is 11.4 Å². The minimum Gasteiger partial charge on any atom is -0.365 e. The van der Waals surface area contributed by atoms with E-state index >= 15 is 0 Å². The van der Waals surface area contributed by atoms with Gasteiger partial charge in [0.2, 0.25) is 0 Å². The Kier molecular flexibility index (Phi) is 3.73. The standard InChI is InChI=1S/C18H18FN3S/c1-11-21-17(20-10-12-6-8-13(19)9-7-12)16-14-4-2-3-5-15(14)23-18(16)22-11/h6-9H,2-5,10H2,1H3,(H,20,21,22). The number of hydrogen-bond acceptors (Lipinski definition) is 4. The van der Waals surface area contributed by atoms with Gasteiger partial charge >= 0.3 is 0 Å². The zero-order valence-electron chi connectivity index (χ0n) is 13.0. The minimum absolute atomic E-state index is 0.207. The second kappa shape index (κ2) is 5.89. The molecule has 3 aromatic rings. The monoisotopic (exact) mass is 327 g/mol. The molecule has 0 spiro atoms. The van der Waals surface area contributed by atoms with E-state index in [0.717, 1.165) is 34.9 Å². The zero-order chi connectivity index (χ0) is 15.8. The topological polar surface area (TPSA) is 37.8 Å². The Hall–Kier alpha value is -2.01. The number of nitrogens with zero attached hydrogens (tertiary/aromatic N) is 2. The van der Waals surface area contributed by atoms with Crippen molar-refractivity contribution < 1.29 is 4.39 Å². The van der Waals surface area contributed by atoms with E-state index in [1.807, 2.05) is 18.3 Å². The maximum atomic E-state index is 13.0. The lowest BCUT2D eigenvalue weighted by atomic mass is 9.97. The molecule has 0 amide bonds. The van der Waals surface area contributed by atoms with E-state index in [0.29, 0.717) is 6.54 Å². The summed E-state index contributed by atoms with van der Waals surface area (Å²) in [6.07, 6.45) is 4.79. The molecule has 118 valence electrons. The molecule has 23 heavy (non-hydrogen) atoms. The number of aryl methyl sites for hydroxylation is 3. The van der Waals surface area contributed by atoms with Crippen LogP contribution in [0.3, 0.4) is 0 Å². The maximum Gasteiger partial charge on any atom is 0.139 e. The summed E-state index contributed by atoms with van der Waals surface area (Å²) < 4.78 is 13.0. The molecule has 0 saturated heterocycles. The van der Waals surface area contributed by atoms with Gasteiger partial charge in [0.1, 0.15) is 22.3 Å². The van der Waals surface area contributed by atoms with Gasteiger partial charge in [-0.05, 0) is 55.9 Å². The smallest absolute Gasteiger partial charge is 0.139 e. The van der Waals surface area contributed by atoms with Gasteiger partial charge in [-0.3, -0.25) is 0 Å². The van der Waals surface area contributed by atoms with E-state index in [9.17, 15) is 4.39 Å². The Bertz CT molecular complexity index is 855. The average molecular weight is 327 g/mol. The molecular formula is C18H18FN3S. The minimum atomic E-state index is -0.207. The van der Waals surface area contributed by atoms with E-state index < -0.39 is 0 Å². The average Bonchev–Trinajstić information content (AvgIpc) is 2.92. The summed E-state index contributed by atoms with van der Waals surface area (Å²) in [6.45, 7) is 2.57. The Morgan fingerprint density at radius 2 is 1.91 bits per heavy atom. The van der Waals surface area contributed by atoms with Crippen molar-refractivity contribution in [2.75, 3.05) is 5.32 Å². The van der Waals surface area contributed by atoms with Crippen LogP contribution in [0.1, 0.15) is 34.7 Å². The quantitative estimate of drug-likeness (QED) is 0.762. The summed E-state index contributed by atoms with van der Waals surface area (Å²) in [6, 6.07) is 6.59. The van der Waals surface area contributed by atoms with Gasteiger partial charge < -0.3 is 5.32 Å². The lowest BCUT2D eigenvalue weighted by Gasteiger charge is -2.13. The molecule has 0 bridgehead atoms. The number of halogens is 1. The molecular weight excluding hydrogens is 309 g/mol. The number of fused-ring (bicyclic) bond motifs is 3. The molecule has 0 fully saturated rings. The fraction of sp³-hybridized carbons (Fsp3) is 0.333. The number of thiophene rings is 1. The predicted molar refractivity (Wildman–Crippen MR) is 92.5 cm³/mol. The van der Waals surface area contributed by atoms with Gasteiger partial charge in [0.05, 0.1) is 5.39 Å². The van der Waals surface area contributed by atoms with Crippen LogP contribution < -0.4 is 5.32 Å². The molecule has 0 aliphatic heterocycles. The summed E-state index contributed by atoms with van der Waals surface area (Å²) in [5.41, 5.74) is 2.47. The molecule has 0 atom stereocenters. The van der Waals surface area contributed by atoms with Crippen LogP contribution in [0.5, 0.6) is 0 Å². The third-order valence-electron chi connectivity index (χ3n) is 4.30. The Balaban J connectivity index is 1.70. The maximum absolute atomic E-state index is 13.0. The second-order valence-corrected chi connectivity index (χ2v) is 7.07. The first-order valence-electron chi connectivity index (χ1n) is 7.98. The second-order valence-electron chi connectivity index (χ2n) is 5.99. The van der Waals surface area contributed by atoms with Crippen molar-refractivity contribution >= 4 is 27.4 Å². The lowest BCUT2D eigenvalue weighted by Crippen LogP contribution is -2.05. The largest absolute Gasteiger partial charge is 0.365 e. The van der Waals surface area contributed by atoms with Crippen LogP contribution in [-0.2, 0) is 19.4 Å². The van der Waals surface area contributed by atoms with Gasteiger partial charge in [0.15, 0.2) is 0 Å². The number of aromatic nitrogens is 2. The highest BCUT2D eigenvalue weighted by molar-refractivity contribution is 7.19. The predicted octanol–water partition coefficient (Wildman–Crippen LogP) is 4.63. The molecule has 0 saturated carbocycles. The Labute approximate surface area is 138 Å². The first-order valence-corrected chi connectivity index (χ1v) is 8.79. The lowest BCUT2D eigenvalue weighted by molar-refractivity contribution is 0.627. The van der Waals surface area contributed by atoms with Crippen LogP contribution in [-0.4, -0.2) is 9.97 Å². The highest BCUT2D eigenvalue weighted by atomic mass is 32.1. The Morgan fingerprint density at radius 1 is 1.13 bits per heavy atom. The molecule has 2 aromatic heterocycles. The molecule has 1 aliphatic rings. The molecule has 1 aliphatic carbocycles. The van der Waals surface area contributed by atoms with Crippen molar-refractivity contribution in [3.05, 3.63) is 51.9 Å². The van der Waals surface area contributed by atoms with Gasteiger partial charge in [-0.1, -0.05) is 12.1 Å². The molecule has 1 aromatic carbocycles. The number of rotatable bonds is 3. The highest BCUT2D eigenvalue weighted by Crippen LogP contribution is 2.38. The highest BCUT2D eigenvalue weighted by Gasteiger charge is 2.20. The van der Waals surface area contributed by atoms with Crippen LogP contribution in [0.25, 0.3) is 10.2 Å². The summed E-state index contributed by atoms with van der Waals surface area (Å²) in [7, 11) is 0. The van der Waals surface area contributed by atoms with E-state index in [2.05, 4.69) is 15.3 Å². The van der Waals surface area contributed by atoms with Gasteiger partial charge in [-0.15, -0.1) is 11.3 Å². The molecule has 4 rings (SSSR count). The van der Waals surface area contributed by atoms with Gasteiger partial charge in [-0.2, -0.15) is 0 Å². The van der Waals surface area contributed by atoms with Crippen molar-refractivity contribution in [3.8, 4) is 0 Å². The van der Waals surface area contributed by atoms with Gasteiger partial charge in [0.25, 0.3) is 0 Å². The van der Waals surface area contributed by atoms with Crippen LogP contribution in [0.15, 0.2) is 24.3 Å². The van der Waals surface area contributed by atoms with Crippen molar-refractivity contribution in [3.63, 3.8) is 0 Å². The molecule has 5 heteroatoms. The Morgan fingerprint density at radius 3 is 2.74 bits per heavy atom. The molecule has 1 N–H and O–H groups in total. The third-order valence-corrected chi connectivity index (χ3v) is 5.49. The number of nitrogens with one attached hydrogen (secondary N) is 1. The summed E-state index contributed by atoms with van der Waals surface area (Å²) in [5, 5.41) is 4.63. The van der Waals surface area contributed by atoms with Crippen LogP contribution in [0.4, 0.5) is 10.2 Å². The third kappa shape index (κ3) is 2.81. The van der Waals surface area contributed by atoms with E-state index in [1.165, 1.54) is 40.8 Å². The summed E-state index contributed by atoms with van der Waals surface area (Å²) in [5.74, 6) is 1.50. The van der Waals surface area contributed by atoms with E-state index in [-0.39, 0.29) is 5.82 Å². The van der Waals surface area contributed by atoms with Crippen LogP contribution in [0.2, 0.25) is 0 Å². The molecule has 3 nitrogen and oxygen atoms in total. The summed E-state index contributed by atoms with van der Waals surface area (Å²) >= 11 is 1.81. The number of anilines is 1. The number of benzene rings is 1. The first kappa shape index (κ1) is 14.6. The van der Waals surface area contributed by atoms with Crippen LogP contribution >= 0.6 is 11.3 Å². The van der Waals surface area contributed by atoms with E-state index in [4.69, 9.17) is 0 Å². The molecule has 0 unspecified atom stereocenters. The van der Waals surface area contributed by atoms with E-state index in [1.54, 1.807) is 12.1 Å². The molecule has 2 heterocycles. The molecule has 0 radical (unpaired) electrons. The fourth-order valence-electron chi connectivity index (χ4n) is 3.18. The number of hydrogen-bond donors (Lipinski definition) is 1. The van der Waals surface area contributed by atoms with Gasteiger partial charge in [-0.25, -0.2) is 14.4 Å². The first-order chi connectivity index (χ1) is 11.2. The SMILES string of the molecule is Cc1nc(NCc2ccc(F)cc2)c2c3c(sc2n1)CCCC3. The van der Waals surface area contributed by atoms with Crippen molar-refractivity contribution in [1.82, 2.24) is 9.97 Å². The van der Waals surface area contributed by atoms with Crippen LogP contribution in [0, 0.1) is 12.7 Å². The fourth-order valence-corrected chi connectivity index (χ4v) is 4.49. The van der Waals surface area contributed by atoms with Crippen molar-refractivity contribution in [2.45, 2.75) is 39.2 Å². The van der Waals surface area contributed by atoms with Crippen molar-refractivity contribution in [1.29, 1.82) is 0 Å². The zero-order valence-corrected chi connectivity index (χ0v) is 13.8. The summed E-state index contributed by atoms with van der Waals surface area (Å²) in [4.78, 5) is 11.8.